The number of aryl methyl sites for hydroxylation is 2. The Hall–Kier alpha value is -2.70. The average Bonchev–Trinajstić information content (AvgIpc) is 3.07. The van der Waals surface area contributed by atoms with Gasteiger partial charge in [0, 0.05) is 12.6 Å². The van der Waals surface area contributed by atoms with Gasteiger partial charge in [-0.2, -0.15) is 5.10 Å². The molecular formula is C14H15N5O2. The maximum Gasteiger partial charge on any atom is 0.272 e. The quantitative estimate of drug-likeness (QED) is 0.730. The monoisotopic (exact) mass is 285 g/mol. The zero-order chi connectivity index (χ0) is 15.0. The number of fused-ring (bicyclic) bond motifs is 1. The van der Waals surface area contributed by atoms with Gasteiger partial charge in [-0.1, -0.05) is 11.2 Å². The van der Waals surface area contributed by atoms with Crippen LogP contribution in [0.15, 0.2) is 29.0 Å². The molecule has 3 rings (SSSR count). The number of aromatic nitrogens is 4. The van der Waals surface area contributed by atoms with Crippen molar-refractivity contribution in [2.75, 3.05) is 7.05 Å². The molecule has 3 aromatic heterocycles. The summed E-state index contributed by atoms with van der Waals surface area (Å²) >= 11 is 0. The van der Waals surface area contributed by atoms with Crippen molar-refractivity contribution in [3.05, 3.63) is 47.2 Å². The summed E-state index contributed by atoms with van der Waals surface area (Å²) in [4.78, 5) is 18.3. The summed E-state index contributed by atoms with van der Waals surface area (Å²) in [7, 11) is 1.74. The van der Waals surface area contributed by atoms with Crippen molar-refractivity contribution in [2.24, 2.45) is 0 Å². The van der Waals surface area contributed by atoms with E-state index in [9.17, 15) is 4.79 Å². The van der Waals surface area contributed by atoms with E-state index in [1.54, 1.807) is 30.1 Å². The second kappa shape index (κ2) is 5.01. The lowest BCUT2D eigenvalue weighted by Crippen LogP contribution is -2.28. The molecule has 0 aliphatic rings. The molecule has 0 aliphatic heterocycles. The molecule has 0 radical (unpaired) electrons. The van der Waals surface area contributed by atoms with Gasteiger partial charge in [-0.15, -0.1) is 0 Å². The predicted molar refractivity (Wildman–Crippen MR) is 74.8 cm³/mol. The van der Waals surface area contributed by atoms with Gasteiger partial charge in [0.2, 0.25) is 0 Å². The van der Waals surface area contributed by atoms with Gasteiger partial charge in [-0.05, 0) is 26.0 Å². The van der Waals surface area contributed by atoms with Crippen LogP contribution >= 0.6 is 0 Å². The molecule has 0 spiro atoms. The highest BCUT2D eigenvalue weighted by Gasteiger charge is 2.19. The second-order valence-electron chi connectivity index (χ2n) is 4.91. The van der Waals surface area contributed by atoms with Crippen molar-refractivity contribution in [1.29, 1.82) is 0 Å². The van der Waals surface area contributed by atoms with Gasteiger partial charge < -0.3 is 9.42 Å². The van der Waals surface area contributed by atoms with Crippen LogP contribution in [-0.4, -0.2) is 37.6 Å². The number of amides is 1. The molecule has 21 heavy (non-hydrogen) atoms. The normalized spacial score (nSPS) is 11.0. The minimum atomic E-state index is -0.133. The van der Waals surface area contributed by atoms with E-state index in [0.29, 0.717) is 17.9 Å². The molecule has 0 N–H and O–H groups in total. The fraction of sp³-hybridized carbons (Fsp3) is 0.286. The molecule has 108 valence electrons. The molecular weight excluding hydrogens is 270 g/mol. The van der Waals surface area contributed by atoms with Crippen molar-refractivity contribution in [1.82, 2.24) is 24.7 Å². The zero-order valence-corrected chi connectivity index (χ0v) is 12.1. The Kier molecular flexibility index (Phi) is 3.17. The summed E-state index contributed by atoms with van der Waals surface area (Å²) in [6.45, 7) is 4.14. The van der Waals surface area contributed by atoms with E-state index in [1.165, 1.54) is 10.8 Å². The minimum Gasteiger partial charge on any atom is -0.361 e. The van der Waals surface area contributed by atoms with Crippen molar-refractivity contribution in [3.63, 3.8) is 0 Å². The molecule has 0 aromatic carbocycles. The van der Waals surface area contributed by atoms with Crippen LogP contribution < -0.4 is 0 Å². The first-order valence-corrected chi connectivity index (χ1v) is 6.54. The van der Waals surface area contributed by atoms with Crippen LogP contribution in [0.5, 0.6) is 0 Å². The topological polar surface area (TPSA) is 76.5 Å². The van der Waals surface area contributed by atoms with Crippen molar-refractivity contribution >= 4 is 11.6 Å². The second-order valence-corrected chi connectivity index (χ2v) is 4.91. The minimum absolute atomic E-state index is 0.133. The van der Waals surface area contributed by atoms with Gasteiger partial charge in [0.25, 0.3) is 5.91 Å². The number of nitrogens with zero attached hydrogens (tertiary/aromatic N) is 5. The molecule has 0 bridgehead atoms. The van der Waals surface area contributed by atoms with Gasteiger partial charge in [0.1, 0.15) is 17.8 Å². The molecule has 0 saturated heterocycles. The number of carbonyl (C=O) groups is 1. The van der Waals surface area contributed by atoms with Crippen LogP contribution in [0, 0.1) is 13.8 Å². The lowest BCUT2D eigenvalue weighted by Gasteiger charge is -2.17. The average molecular weight is 285 g/mol. The van der Waals surface area contributed by atoms with E-state index in [4.69, 9.17) is 4.52 Å². The fourth-order valence-corrected chi connectivity index (χ4v) is 2.24. The first-order valence-electron chi connectivity index (χ1n) is 6.54. The van der Waals surface area contributed by atoms with Crippen LogP contribution in [0.2, 0.25) is 0 Å². The molecule has 1 amide bonds. The Bertz CT molecular complexity index is 785. The van der Waals surface area contributed by atoms with Gasteiger partial charge in [0.15, 0.2) is 5.65 Å². The van der Waals surface area contributed by atoms with Crippen LogP contribution in [-0.2, 0) is 6.54 Å². The van der Waals surface area contributed by atoms with E-state index in [0.717, 1.165) is 17.0 Å². The highest BCUT2D eigenvalue weighted by Crippen LogP contribution is 2.16. The fourth-order valence-electron chi connectivity index (χ4n) is 2.24. The van der Waals surface area contributed by atoms with Crippen molar-refractivity contribution in [3.8, 4) is 0 Å². The third-order valence-electron chi connectivity index (χ3n) is 3.44. The standard InChI is InChI=1S/C14H15N5O2/c1-9-11(10(2)21-17-9)7-18(3)14(20)12-5-4-6-13-15-8-16-19(12)13/h4-6,8H,7H2,1-3H3. The Morgan fingerprint density at radius 1 is 1.38 bits per heavy atom. The third-order valence-corrected chi connectivity index (χ3v) is 3.44. The molecule has 0 fully saturated rings. The van der Waals surface area contributed by atoms with Gasteiger partial charge >= 0.3 is 0 Å². The number of pyridine rings is 1. The van der Waals surface area contributed by atoms with Crippen molar-refractivity contribution < 1.29 is 9.32 Å². The van der Waals surface area contributed by atoms with E-state index >= 15 is 0 Å². The van der Waals surface area contributed by atoms with Gasteiger partial charge in [-0.25, -0.2) is 9.50 Å². The summed E-state index contributed by atoms with van der Waals surface area (Å²) < 4.78 is 6.66. The van der Waals surface area contributed by atoms with E-state index in [2.05, 4.69) is 15.2 Å². The molecule has 7 heteroatoms. The molecule has 0 atom stereocenters. The molecule has 7 nitrogen and oxygen atoms in total. The third kappa shape index (κ3) is 2.26. The molecule has 0 unspecified atom stereocenters. The zero-order valence-electron chi connectivity index (χ0n) is 12.1. The molecule has 0 saturated carbocycles. The van der Waals surface area contributed by atoms with Crippen molar-refractivity contribution in [2.45, 2.75) is 20.4 Å². The Morgan fingerprint density at radius 3 is 2.90 bits per heavy atom. The van der Waals surface area contributed by atoms with Gasteiger partial charge in [0.05, 0.1) is 12.2 Å². The Balaban J connectivity index is 1.90. The molecule has 3 aromatic rings. The molecule has 3 heterocycles. The lowest BCUT2D eigenvalue weighted by molar-refractivity contribution is 0.0776. The van der Waals surface area contributed by atoms with E-state index in [1.807, 2.05) is 13.8 Å². The molecule has 0 aliphatic carbocycles. The highest BCUT2D eigenvalue weighted by atomic mass is 16.5. The SMILES string of the molecule is Cc1noc(C)c1CN(C)C(=O)c1cccc2ncnn12. The largest absolute Gasteiger partial charge is 0.361 e. The number of hydrogen-bond acceptors (Lipinski definition) is 5. The van der Waals surface area contributed by atoms with Crippen LogP contribution in [0.3, 0.4) is 0 Å². The first-order chi connectivity index (χ1) is 10.1. The maximum absolute atomic E-state index is 12.6. The lowest BCUT2D eigenvalue weighted by atomic mass is 10.2. The Labute approximate surface area is 121 Å². The summed E-state index contributed by atoms with van der Waals surface area (Å²) in [5.41, 5.74) is 2.84. The van der Waals surface area contributed by atoms with E-state index < -0.39 is 0 Å². The smallest absolute Gasteiger partial charge is 0.272 e. The predicted octanol–water partition coefficient (Wildman–Crippen LogP) is 1.61. The summed E-state index contributed by atoms with van der Waals surface area (Å²) in [6, 6.07) is 5.33. The summed E-state index contributed by atoms with van der Waals surface area (Å²) in [5, 5.41) is 7.98. The summed E-state index contributed by atoms with van der Waals surface area (Å²) in [5.74, 6) is 0.595. The van der Waals surface area contributed by atoms with Gasteiger partial charge in [-0.3, -0.25) is 4.79 Å². The Morgan fingerprint density at radius 2 is 2.19 bits per heavy atom. The maximum atomic E-state index is 12.6. The number of rotatable bonds is 3. The first kappa shape index (κ1) is 13.3. The highest BCUT2D eigenvalue weighted by molar-refractivity contribution is 5.92. The van der Waals surface area contributed by atoms with E-state index in [-0.39, 0.29) is 5.91 Å². The summed E-state index contributed by atoms with van der Waals surface area (Å²) in [6.07, 6.45) is 1.43. The van der Waals surface area contributed by atoms with Crippen LogP contribution in [0.25, 0.3) is 5.65 Å². The van der Waals surface area contributed by atoms with Crippen LogP contribution in [0.1, 0.15) is 27.5 Å². The number of carbonyl (C=O) groups excluding carboxylic acids is 1. The van der Waals surface area contributed by atoms with Crippen LogP contribution in [0.4, 0.5) is 0 Å². The number of hydrogen-bond donors (Lipinski definition) is 0.